The van der Waals surface area contributed by atoms with Crippen molar-refractivity contribution in [1.29, 1.82) is 0 Å². The average molecular weight is 272 g/mol. The van der Waals surface area contributed by atoms with E-state index in [1.165, 1.54) is 64.0 Å². The molecule has 0 saturated carbocycles. The third kappa shape index (κ3) is 2.26. The highest BCUT2D eigenvalue weighted by atomic mass is 15.2. The number of hydrogen-bond donors (Lipinski definition) is 1. The highest BCUT2D eigenvalue weighted by molar-refractivity contribution is 5.49. The monoisotopic (exact) mass is 272 g/mol. The normalized spacial score (nSPS) is 29.9. The van der Waals surface area contributed by atoms with Crippen molar-refractivity contribution in [2.75, 3.05) is 36.4 Å². The number of rotatable bonds is 3. The van der Waals surface area contributed by atoms with E-state index in [1.807, 2.05) is 6.20 Å². The maximum atomic E-state index is 4.64. The molecule has 0 radical (unpaired) electrons. The summed E-state index contributed by atoms with van der Waals surface area (Å²) in [5, 5.41) is 3.71. The van der Waals surface area contributed by atoms with Crippen LogP contribution in [-0.2, 0) is 0 Å². The van der Waals surface area contributed by atoms with E-state index in [2.05, 4.69) is 32.2 Å². The molecule has 3 fully saturated rings. The second-order valence-electron chi connectivity index (χ2n) is 6.38. The molecule has 4 rings (SSSR count). The summed E-state index contributed by atoms with van der Waals surface area (Å²) in [4.78, 5) is 9.67. The molecule has 0 bridgehead atoms. The van der Waals surface area contributed by atoms with E-state index in [4.69, 9.17) is 0 Å². The standard InChI is InChI=1S/C16H24N4/c1-2-9-20(8-1)16-6-5-13(12-17-16)18-14-7-11-19-10-3-4-15(14)19/h5-6,12,14-15,18H,1-4,7-11H2. The predicted molar refractivity (Wildman–Crippen MR) is 82.3 cm³/mol. The minimum absolute atomic E-state index is 0.622. The van der Waals surface area contributed by atoms with Gasteiger partial charge in [-0.05, 0) is 50.8 Å². The third-order valence-corrected chi connectivity index (χ3v) is 5.14. The molecule has 1 aromatic rings. The molecule has 0 amide bonds. The fourth-order valence-electron chi connectivity index (χ4n) is 4.07. The Morgan fingerprint density at radius 1 is 1.00 bits per heavy atom. The van der Waals surface area contributed by atoms with Gasteiger partial charge >= 0.3 is 0 Å². The summed E-state index contributed by atoms with van der Waals surface area (Å²) in [7, 11) is 0. The lowest BCUT2D eigenvalue weighted by molar-refractivity contribution is 0.318. The van der Waals surface area contributed by atoms with Gasteiger partial charge in [-0.1, -0.05) is 0 Å². The molecule has 1 aromatic heterocycles. The molecule has 0 aromatic carbocycles. The Morgan fingerprint density at radius 3 is 2.70 bits per heavy atom. The van der Waals surface area contributed by atoms with Gasteiger partial charge in [-0.15, -0.1) is 0 Å². The Hall–Kier alpha value is -1.29. The van der Waals surface area contributed by atoms with Crippen LogP contribution >= 0.6 is 0 Å². The fraction of sp³-hybridized carbons (Fsp3) is 0.688. The maximum absolute atomic E-state index is 4.64. The third-order valence-electron chi connectivity index (χ3n) is 5.14. The molecule has 3 aliphatic rings. The molecular weight excluding hydrogens is 248 g/mol. The lowest BCUT2D eigenvalue weighted by Gasteiger charge is -2.22. The number of nitrogens with one attached hydrogen (secondary N) is 1. The van der Waals surface area contributed by atoms with Crippen LogP contribution < -0.4 is 10.2 Å². The highest BCUT2D eigenvalue weighted by Gasteiger charge is 2.36. The summed E-state index contributed by atoms with van der Waals surface area (Å²) in [6, 6.07) is 5.76. The Kier molecular flexibility index (Phi) is 3.26. The molecule has 2 atom stereocenters. The van der Waals surface area contributed by atoms with Gasteiger partial charge in [0.05, 0.1) is 11.9 Å². The minimum atomic E-state index is 0.622. The van der Waals surface area contributed by atoms with Crippen LogP contribution in [0.25, 0.3) is 0 Å². The SMILES string of the molecule is c1cc(N2CCCC2)ncc1NC1CCN2CCCC12. The van der Waals surface area contributed by atoms with E-state index in [0.717, 1.165) is 11.9 Å². The first-order valence-electron chi connectivity index (χ1n) is 8.12. The molecule has 20 heavy (non-hydrogen) atoms. The number of anilines is 2. The van der Waals surface area contributed by atoms with E-state index in [1.54, 1.807) is 0 Å². The number of pyridine rings is 1. The van der Waals surface area contributed by atoms with Crippen LogP contribution in [0.3, 0.4) is 0 Å². The highest BCUT2D eigenvalue weighted by Crippen LogP contribution is 2.30. The summed E-state index contributed by atoms with van der Waals surface area (Å²) in [5.41, 5.74) is 1.19. The predicted octanol–water partition coefficient (Wildman–Crippen LogP) is 2.33. The van der Waals surface area contributed by atoms with Gasteiger partial charge < -0.3 is 10.2 Å². The van der Waals surface area contributed by atoms with Gasteiger partial charge in [0, 0.05) is 31.7 Å². The molecule has 1 N–H and O–H groups in total. The molecule has 2 unspecified atom stereocenters. The van der Waals surface area contributed by atoms with E-state index in [-0.39, 0.29) is 0 Å². The summed E-state index contributed by atoms with van der Waals surface area (Å²) >= 11 is 0. The van der Waals surface area contributed by atoms with E-state index >= 15 is 0 Å². The van der Waals surface area contributed by atoms with E-state index in [9.17, 15) is 0 Å². The van der Waals surface area contributed by atoms with Gasteiger partial charge in [-0.25, -0.2) is 4.98 Å². The Balaban J connectivity index is 1.41. The smallest absolute Gasteiger partial charge is 0.128 e. The second-order valence-corrected chi connectivity index (χ2v) is 6.38. The van der Waals surface area contributed by atoms with Crippen LogP contribution in [0.4, 0.5) is 11.5 Å². The van der Waals surface area contributed by atoms with Crippen LogP contribution in [0.1, 0.15) is 32.1 Å². The largest absolute Gasteiger partial charge is 0.379 e. The lowest BCUT2D eigenvalue weighted by atomic mass is 10.1. The van der Waals surface area contributed by atoms with Crippen molar-refractivity contribution in [3.8, 4) is 0 Å². The van der Waals surface area contributed by atoms with Crippen molar-refractivity contribution in [3.63, 3.8) is 0 Å². The first-order chi connectivity index (χ1) is 9.90. The molecule has 4 nitrogen and oxygen atoms in total. The number of nitrogens with zero attached hydrogens (tertiary/aromatic N) is 3. The summed E-state index contributed by atoms with van der Waals surface area (Å²) in [5.74, 6) is 1.14. The van der Waals surface area contributed by atoms with Crippen molar-refractivity contribution in [3.05, 3.63) is 18.3 Å². The van der Waals surface area contributed by atoms with E-state index < -0.39 is 0 Å². The van der Waals surface area contributed by atoms with Gasteiger partial charge in [0.2, 0.25) is 0 Å². The molecule has 4 heteroatoms. The molecule has 0 aliphatic carbocycles. The topological polar surface area (TPSA) is 31.4 Å². The van der Waals surface area contributed by atoms with Crippen molar-refractivity contribution < 1.29 is 0 Å². The molecule has 4 heterocycles. The number of aromatic nitrogens is 1. The van der Waals surface area contributed by atoms with Crippen LogP contribution in [0, 0.1) is 0 Å². The van der Waals surface area contributed by atoms with Gasteiger partial charge in [0.25, 0.3) is 0 Å². The minimum Gasteiger partial charge on any atom is -0.379 e. The molecule has 3 aliphatic heterocycles. The first kappa shape index (κ1) is 12.5. The second kappa shape index (κ2) is 5.24. The van der Waals surface area contributed by atoms with Crippen molar-refractivity contribution in [1.82, 2.24) is 9.88 Å². The van der Waals surface area contributed by atoms with Gasteiger partial charge in [0.1, 0.15) is 5.82 Å². The molecular formula is C16H24N4. The molecule has 108 valence electrons. The Morgan fingerprint density at radius 2 is 1.90 bits per heavy atom. The lowest BCUT2D eigenvalue weighted by Crippen LogP contribution is -2.33. The average Bonchev–Trinajstić information content (AvgIpc) is 3.18. The summed E-state index contributed by atoms with van der Waals surface area (Å²) < 4.78 is 0. The summed E-state index contributed by atoms with van der Waals surface area (Å²) in [6.07, 6.45) is 8.64. The van der Waals surface area contributed by atoms with Crippen LogP contribution in [0.15, 0.2) is 18.3 Å². The molecule has 3 saturated heterocycles. The first-order valence-corrected chi connectivity index (χ1v) is 8.12. The van der Waals surface area contributed by atoms with Crippen molar-refractivity contribution in [2.24, 2.45) is 0 Å². The Labute approximate surface area is 121 Å². The van der Waals surface area contributed by atoms with Gasteiger partial charge in [0.15, 0.2) is 0 Å². The van der Waals surface area contributed by atoms with Crippen molar-refractivity contribution in [2.45, 2.75) is 44.2 Å². The van der Waals surface area contributed by atoms with Crippen molar-refractivity contribution >= 4 is 11.5 Å². The van der Waals surface area contributed by atoms with Crippen LogP contribution in [-0.4, -0.2) is 48.1 Å². The van der Waals surface area contributed by atoms with Crippen LogP contribution in [0.2, 0.25) is 0 Å². The van der Waals surface area contributed by atoms with Crippen LogP contribution in [0.5, 0.6) is 0 Å². The van der Waals surface area contributed by atoms with Gasteiger partial charge in [-0.3, -0.25) is 4.90 Å². The zero-order valence-corrected chi connectivity index (χ0v) is 12.1. The zero-order chi connectivity index (χ0) is 13.4. The number of fused-ring (bicyclic) bond motifs is 1. The summed E-state index contributed by atoms with van der Waals surface area (Å²) in [6.45, 7) is 4.90. The zero-order valence-electron chi connectivity index (χ0n) is 12.1. The van der Waals surface area contributed by atoms with Gasteiger partial charge in [-0.2, -0.15) is 0 Å². The fourth-order valence-corrected chi connectivity index (χ4v) is 4.07. The number of hydrogen-bond acceptors (Lipinski definition) is 4. The van der Waals surface area contributed by atoms with E-state index in [0.29, 0.717) is 6.04 Å². The quantitative estimate of drug-likeness (QED) is 0.915. The maximum Gasteiger partial charge on any atom is 0.128 e. The molecule has 0 spiro atoms. The Bertz CT molecular complexity index is 452.